The van der Waals surface area contributed by atoms with Crippen molar-refractivity contribution in [1.82, 2.24) is 0 Å². The minimum Gasteiger partial charge on any atom is -0.398 e. The summed E-state index contributed by atoms with van der Waals surface area (Å²) < 4.78 is 0. The molecule has 1 aromatic carbocycles. The van der Waals surface area contributed by atoms with Gasteiger partial charge in [-0.15, -0.1) is 0 Å². The lowest BCUT2D eigenvalue weighted by Gasteiger charge is -2.24. The van der Waals surface area contributed by atoms with Crippen LogP contribution in [-0.4, -0.2) is 19.3 Å². The quantitative estimate of drug-likeness (QED) is 0.620. The topological polar surface area (TPSA) is 50.4 Å². The molecule has 0 amide bonds. The van der Waals surface area contributed by atoms with Gasteiger partial charge in [0.2, 0.25) is 0 Å². The predicted molar refractivity (Wildman–Crippen MR) is 74.9 cm³/mol. The lowest BCUT2D eigenvalue weighted by atomic mass is 9.95. The van der Waals surface area contributed by atoms with Crippen LogP contribution < -0.4 is 11.1 Å². The molecule has 1 aliphatic rings. The van der Waals surface area contributed by atoms with E-state index in [0.29, 0.717) is 6.04 Å². The second kappa shape index (κ2) is 5.71. The van der Waals surface area contributed by atoms with E-state index in [1.54, 1.807) is 13.3 Å². The van der Waals surface area contributed by atoms with E-state index in [1.165, 1.54) is 32.1 Å². The van der Waals surface area contributed by atoms with Crippen LogP contribution in [-0.2, 0) is 0 Å². The number of nitrogens with one attached hydrogen (secondary N) is 1. The first kappa shape index (κ1) is 12.0. The summed E-state index contributed by atoms with van der Waals surface area (Å²) in [5.41, 5.74) is 8.82. The zero-order valence-corrected chi connectivity index (χ0v) is 10.4. The maximum absolute atomic E-state index is 5.89. The zero-order valence-electron chi connectivity index (χ0n) is 10.4. The summed E-state index contributed by atoms with van der Waals surface area (Å²) >= 11 is 0. The van der Waals surface area contributed by atoms with E-state index >= 15 is 0 Å². The summed E-state index contributed by atoms with van der Waals surface area (Å²) in [6, 6.07) is 6.70. The Hall–Kier alpha value is -1.51. The van der Waals surface area contributed by atoms with Gasteiger partial charge in [-0.2, -0.15) is 0 Å². The van der Waals surface area contributed by atoms with E-state index in [9.17, 15) is 0 Å². The fraction of sp³-hybridized carbons (Fsp3) is 0.500. The van der Waals surface area contributed by atoms with Crippen LogP contribution in [0.4, 0.5) is 11.4 Å². The molecule has 0 radical (unpaired) electrons. The van der Waals surface area contributed by atoms with Crippen molar-refractivity contribution in [1.29, 1.82) is 0 Å². The van der Waals surface area contributed by atoms with Crippen molar-refractivity contribution in [2.24, 2.45) is 4.99 Å². The highest BCUT2D eigenvalue weighted by Gasteiger charge is 2.13. The lowest BCUT2D eigenvalue weighted by Crippen LogP contribution is -2.22. The van der Waals surface area contributed by atoms with Crippen LogP contribution in [0.5, 0.6) is 0 Å². The van der Waals surface area contributed by atoms with Crippen LogP contribution in [0.2, 0.25) is 0 Å². The van der Waals surface area contributed by atoms with Crippen molar-refractivity contribution >= 4 is 17.6 Å². The molecule has 1 fully saturated rings. The van der Waals surface area contributed by atoms with Gasteiger partial charge in [0, 0.05) is 36.2 Å². The minimum atomic E-state index is 0.624. The number of hydrogen-bond donors (Lipinski definition) is 2. The second-order valence-electron chi connectivity index (χ2n) is 4.71. The molecule has 0 spiro atoms. The Morgan fingerprint density at radius 2 is 2.06 bits per heavy atom. The minimum absolute atomic E-state index is 0.624. The summed E-state index contributed by atoms with van der Waals surface area (Å²) in [6.07, 6.45) is 8.43. The Labute approximate surface area is 103 Å². The molecule has 0 unspecified atom stereocenters. The average molecular weight is 231 g/mol. The Kier molecular flexibility index (Phi) is 4.02. The predicted octanol–water partition coefficient (Wildman–Crippen LogP) is 3.06. The summed E-state index contributed by atoms with van der Waals surface area (Å²) in [5.74, 6) is 0. The summed E-state index contributed by atoms with van der Waals surface area (Å²) in [6.45, 7) is 0. The van der Waals surface area contributed by atoms with Gasteiger partial charge in [-0.25, -0.2) is 0 Å². The second-order valence-corrected chi connectivity index (χ2v) is 4.71. The Balaban J connectivity index is 2.07. The number of nitrogen functional groups attached to an aromatic ring is 1. The molecule has 1 saturated carbocycles. The normalized spacial score (nSPS) is 17.5. The molecular formula is C14H21N3. The average Bonchev–Trinajstić information content (AvgIpc) is 2.35. The van der Waals surface area contributed by atoms with Crippen LogP contribution in [0.1, 0.15) is 37.7 Å². The molecule has 0 aromatic heterocycles. The number of nitrogens with two attached hydrogens (primary N) is 1. The van der Waals surface area contributed by atoms with Gasteiger partial charge in [-0.05, 0) is 31.0 Å². The molecule has 2 rings (SSSR count). The monoisotopic (exact) mass is 231 g/mol. The van der Waals surface area contributed by atoms with Crippen molar-refractivity contribution < 1.29 is 0 Å². The van der Waals surface area contributed by atoms with Crippen LogP contribution in [0.15, 0.2) is 23.2 Å². The maximum atomic E-state index is 5.89. The Bertz CT molecular complexity index is 392. The van der Waals surface area contributed by atoms with Gasteiger partial charge in [0.05, 0.1) is 0 Å². The molecule has 3 nitrogen and oxygen atoms in total. The van der Waals surface area contributed by atoms with E-state index < -0.39 is 0 Å². The first-order valence-corrected chi connectivity index (χ1v) is 6.38. The number of aliphatic imine (C=N–C) groups is 1. The van der Waals surface area contributed by atoms with Crippen LogP contribution in [0.3, 0.4) is 0 Å². The molecule has 92 valence electrons. The van der Waals surface area contributed by atoms with E-state index in [4.69, 9.17) is 5.73 Å². The molecule has 17 heavy (non-hydrogen) atoms. The van der Waals surface area contributed by atoms with Gasteiger partial charge in [0.15, 0.2) is 0 Å². The molecule has 1 aliphatic carbocycles. The fourth-order valence-electron chi connectivity index (χ4n) is 2.40. The summed E-state index contributed by atoms with van der Waals surface area (Å²) in [5, 5.41) is 3.59. The smallest absolute Gasteiger partial charge is 0.0404 e. The van der Waals surface area contributed by atoms with E-state index in [-0.39, 0.29) is 0 Å². The maximum Gasteiger partial charge on any atom is 0.0404 e. The van der Waals surface area contributed by atoms with E-state index in [2.05, 4.69) is 22.4 Å². The van der Waals surface area contributed by atoms with Gasteiger partial charge in [-0.1, -0.05) is 19.3 Å². The van der Waals surface area contributed by atoms with E-state index in [1.807, 2.05) is 6.07 Å². The molecule has 1 aromatic rings. The number of hydrogen-bond acceptors (Lipinski definition) is 3. The Morgan fingerprint density at radius 1 is 1.29 bits per heavy atom. The highest BCUT2D eigenvalue weighted by atomic mass is 14.9. The van der Waals surface area contributed by atoms with Gasteiger partial charge < -0.3 is 11.1 Å². The number of nitrogens with zero attached hydrogens (tertiary/aromatic N) is 1. The molecular weight excluding hydrogens is 210 g/mol. The van der Waals surface area contributed by atoms with Gasteiger partial charge >= 0.3 is 0 Å². The standard InChI is InChI=1S/C14H21N3/c1-16-10-11-9-13(7-8-14(11)15)17-12-5-3-2-4-6-12/h7-10,12,17H,2-6,15H2,1H3. The fourth-order valence-corrected chi connectivity index (χ4v) is 2.40. The van der Waals surface area contributed by atoms with Crippen LogP contribution in [0.25, 0.3) is 0 Å². The number of rotatable bonds is 3. The summed E-state index contributed by atoms with van der Waals surface area (Å²) in [7, 11) is 1.76. The molecule has 0 bridgehead atoms. The van der Waals surface area contributed by atoms with Gasteiger partial charge in [-0.3, -0.25) is 4.99 Å². The summed E-state index contributed by atoms with van der Waals surface area (Å²) in [4.78, 5) is 4.02. The highest BCUT2D eigenvalue weighted by Crippen LogP contribution is 2.23. The molecule has 0 aliphatic heterocycles. The lowest BCUT2D eigenvalue weighted by molar-refractivity contribution is 0.463. The molecule has 0 heterocycles. The van der Waals surface area contributed by atoms with Crippen molar-refractivity contribution in [3.63, 3.8) is 0 Å². The van der Waals surface area contributed by atoms with Crippen LogP contribution in [0, 0.1) is 0 Å². The SMILES string of the molecule is CN=Cc1cc(NC2CCCCC2)ccc1N. The zero-order chi connectivity index (χ0) is 12.1. The molecule has 3 N–H and O–H groups in total. The van der Waals surface area contributed by atoms with Crippen molar-refractivity contribution in [2.75, 3.05) is 18.1 Å². The third-order valence-electron chi connectivity index (χ3n) is 3.33. The molecule has 0 saturated heterocycles. The first-order valence-electron chi connectivity index (χ1n) is 6.38. The largest absolute Gasteiger partial charge is 0.398 e. The van der Waals surface area contributed by atoms with Gasteiger partial charge in [0.1, 0.15) is 0 Å². The van der Waals surface area contributed by atoms with Gasteiger partial charge in [0.25, 0.3) is 0 Å². The van der Waals surface area contributed by atoms with E-state index in [0.717, 1.165) is 16.9 Å². The molecule has 3 heteroatoms. The third kappa shape index (κ3) is 3.22. The van der Waals surface area contributed by atoms with Crippen molar-refractivity contribution in [2.45, 2.75) is 38.1 Å². The number of benzene rings is 1. The van der Waals surface area contributed by atoms with Crippen molar-refractivity contribution in [3.05, 3.63) is 23.8 Å². The highest BCUT2D eigenvalue weighted by molar-refractivity contribution is 5.88. The third-order valence-corrected chi connectivity index (χ3v) is 3.33. The molecule has 0 atom stereocenters. The van der Waals surface area contributed by atoms with Crippen molar-refractivity contribution in [3.8, 4) is 0 Å². The number of anilines is 2. The first-order chi connectivity index (χ1) is 8.29. The Morgan fingerprint density at radius 3 is 2.76 bits per heavy atom. The van der Waals surface area contributed by atoms with Crippen LogP contribution >= 0.6 is 0 Å².